The highest BCUT2D eigenvalue weighted by Crippen LogP contribution is 2.41. The largest absolute Gasteiger partial charge is 0.506 e. The van der Waals surface area contributed by atoms with Gasteiger partial charge in [-0.2, -0.15) is 0 Å². The number of aliphatic imine (C=N–C) groups is 1. The summed E-state index contributed by atoms with van der Waals surface area (Å²) in [5.41, 5.74) is 0.666. The lowest BCUT2D eigenvalue weighted by atomic mass is 10.2. The number of aliphatic hydroxyl groups excluding tert-OH is 1. The summed E-state index contributed by atoms with van der Waals surface area (Å²) < 4.78 is 16.5. The summed E-state index contributed by atoms with van der Waals surface area (Å²) in [4.78, 5) is 18.7. The van der Waals surface area contributed by atoms with E-state index in [2.05, 4.69) is 4.99 Å². The first kappa shape index (κ1) is 23.8. The average Bonchev–Trinajstić information content (AvgIpc) is 3.40. The monoisotopic (exact) mass is 493 g/mol. The molecular weight excluding hydrogens is 470 g/mol. The minimum absolute atomic E-state index is 0.0393. The van der Waals surface area contributed by atoms with Crippen molar-refractivity contribution in [1.29, 1.82) is 0 Å². The van der Waals surface area contributed by atoms with Crippen LogP contribution in [0, 0.1) is 0 Å². The molecular formula is C26H23NO5S2. The molecule has 0 unspecified atom stereocenters. The Bertz CT molecular complexity index is 1240. The lowest BCUT2D eigenvalue weighted by Crippen LogP contribution is -2.12. The lowest BCUT2D eigenvalue weighted by Gasteiger charge is -2.05. The second-order valence-electron chi connectivity index (χ2n) is 6.97. The molecule has 2 heterocycles. The number of furan rings is 1. The van der Waals surface area contributed by atoms with Gasteiger partial charge in [-0.05, 0) is 68.5 Å². The molecule has 0 saturated carbocycles. The first-order valence-electron chi connectivity index (χ1n) is 10.7. The summed E-state index contributed by atoms with van der Waals surface area (Å²) in [6.45, 7) is 4.39. The summed E-state index contributed by atoms with van der Waals surface area (Å²) in [6, 6.07) is 20.8. The first-order valence-corrected chi connectivity index (χ1v) is 12.4. The van der Waals surface area contributed by atoms with Gasteiger partial charge >= 0.3 is 5.97 Å². The molecule has 0 aliphatic carbocycles. The fraction of sp³-hybridized carbons (Fsp3) is 0.154. The van der Waals surface area contributed by atoms with Crippen molar-refractivity contribution in [3.8, 4) is 5.75 Å². The van der Waals surface area contributed by atoms with Gasteiger partial charge in [-0.25, -0.2) is 9.79 Å². The van der Waals surface area contributed by atoms with Gasteiger partial charge in [-0.3, -0.25) is 0 Å². The number of nitrogens with zero attached hydrogens (tertiary/aromatic N) is 1. The molecule has 4 rings (SSSR count). The number of esters is 1. The van der Waals surface area contributed by atoms with Gasteiger partial charge in [0.25, 0.3) is 0 Å². The Morgan fingerprint density at radius 2 is 1.82 bits per heavy atom. The van der Waals surface area contributed by atoms with E-state index in [1.807, 2.05) is 61.5 Å². The quantitative estimate of drug-likeness (QED) is 0.338. The van der Waals surface area contributed by atoms with Crippen molar-refractivity contribution in [3.05, 3.63) is 88.7 Å². The predicted molar refractivity (Wildman–Crippen MR) is 136 cm³/mol. The second kappa shape index (κ2) is 11.2. The van der Waals surface area contributed by atoms with Gasteiger partial charge in [-0.1, -0.05) is 41.7 Å². The minimum Gasteiger partial charge on any atom is -0.506 e. The summed E-state index contributed by atoms with van der Waals surface area (Å²) in [5.74, 6) is 0.484. The lowest BCUT2D eigenvalue weighted by molar-refractivity contribution is -0.138. The van der Waals surface area contributed by atoms with Crippen LogP contribution in [0.15, 0.2) is 102 Å². The maximum atomic E-state index is 12.6. The van der Waals surface area contributed by atoms with Gasteiger partial charge in [0.05, 0.1) is 23.8 Å². The Labute approximate surface area is 206 Å². The smallest absolute Gasteiger partial charge is 0.344 e. The SMILES string of the molecule is CCOC(=O)C1=C(O)/C(=C\c2ccc(Sc3ccccc3)o2)SC1=Nc1ccc(OCC)cc1. The van der Waals surface area contributed by atoms with Gasteiger partial charge in [0.15, 0.2) is 5.09 Å². The number of carbonyl (C=O) groups excluding carboxylic acids is 1. The standard InChI is InChI=1S/C26H23NO5S2/c1-3-30-18-12-10-17(11-13-18)27-25-23(26(29)31-4-2)24(28)21(34-25)16-19-14-15-22(32-19)33-20-8-6-5-7-9-20/h5-16,28H,3-4H2,1-2H3/b21-16+,27-25?. The maximum Gasteiger partial charge on any atom is 0.344 e. The van der Waals surface area contributed by atoms with E-state index in [0.29, 0.717) is 28.0 Å². The summed E-state index contributed by atoms with van der Waals surface area (Å²) in [7, 11) is 0. The van der Waals surface area contributed by atoms with Gasteiger partial charge in [0, 0.05) is 4.90 Å². The van der Waals surface area contributed by atoms with E-state index in [1.165, 1.54) is 23.5 Å². The minimum atomic E-state index is -0.625. The number of aliphatic hydroxyl groups is 1. The third-order valence-corrected chi connectivity index (χ3v) is 6.53. The Morgan fingerprint density at radius 3 is 2.53 bits per heavy atom. The van der Waals surface area contributed by atoms with E-state index in [9.17, 15) is 9.90 Å². The molecule has 0 fully saturated rings. The summed E-state index contributed by atoms with van der Waals surface area (Å²) in [5, 5.41) is 11.9. The maximum absolute atomic E-state index is 12.6. The third-order valence-electron chi connectivity index (χ3n) is 4.59. The predicted octanol–water partition coefficient (Wildman–Crippen LogP) is 7.02. The van der Waals surface area contributed by atoms with Crippen molar-refractivity contribution in [2.45, 2.75) is 23.8 Å². The molecule has 0 radical (unpaired) electrons. The highest BCUT2D eigenvalue weighted by Gasteiger charge is 2.33. The molecule has 1 N–H and O–H groups in total. The second-order valence-corrected chi connectivity index (χ2v) is 9.08. The number of benzene rings is 2. The molecule has 1 aliphatic heterocycles. The van der Waals surface area contributed by atoms with Crippen LogP contribution in [0.5, 0.6) is 5.75 Å². The van der Waals surface area contributed by atoms with Crippen LogP contribution in [0.1, 0.15) is 19.6 Å². The van der Waals surface area contributed by atoms with Crippen molar-refractivity contribution in [2.24, 2.45) is 4.99 Å². The van der Waals surface area contributed by atoms with Crippen LogP contribution < -0.4 is 4.74 Å². The summed E-state index contributed by atoms with van der Waals surface area (Å²) in [6.07, 6.45) is 1.69. The molecule has 34 heavy (non-hydrogen) atoms. The van der Waals surface area contributed by atoms with Crippen molar-refractivity contribution < 1.29 is 23.8 Å². The molecule has 174 valence electrons. The van der Waals surface area contributed by atoms with Crippen molar-refractivity contribution in [3.63, 3.8) is 0 Å². The molecule has 6 nitrogen and oxygen atoms in total. The molecule has 1 aliphatic rings. The molecule has 3 aromatic rings. The Hall–Kier alpha value is -3.36. The number of thioether (sulfide) groups is 1. The Kier molecular flexibility index (Phi) is 7.82. The van der Waals surface area contributed by atoms with Crippen molar-refractivity contribution >= 4 is 46.3 Å². The molecule has 0 spiro atoms. The topological polar surface area (TPSA) is 81.3 Å². The number of hydrogen-bond acceptors (Lipinski definition) is 8. The van der Waals surface area contributed by atoms with E-state index in [-0.39, 0.29) is 17.9 Å². The number of hydrogen-bond donors (Lipinski definition) is 1. The van der Waals surface area contributed by atoms with Crippen molar-refractivity contribution in [2.75, 3.05) is 13.2 Å². The fourth-order valence-corrected chi connectivity index (χ4v) is 4.91. The highest BCUT2D eigenvalue weighted by molar-refractivity contribution is 8.18. The molecule has 0 bridgehead atoms. The third kappa shape index (κ3) is 5.76. The van der Waals surface area contributed by atoms with Crippen LogP contribution in [-0.2, 0) is 9.53 Å². The van der Waals surface area contributed by atoms with Crippen LogP contribution in [0.4, 0.5) is 5.69 Å². The van der Waals surface area contributed by atoms with Crippen LogP contribution in [0.3, 0.4) is 0 Å². The molecule has 0 amide bonds. The Morgan fingerprint density at radius 1 is 1.06 bits per heavy atom. The van der Waals surface area contributed by atoms with Crippen LogP contribution in [0.2, 0.25) is 0 Å². The molecule has 1 aromatic heterocycles. The zero-order valence-electron chi connectivity index (χ0n) is 18.7. The summed E-state index contributed by atoms with van der Waals surface area (Å²) >= 11 is 2.69. The zero-order valence-corrected chi connectivity index (χ0v) is 20.3. The molecule has 0 atom stereocenters. The van der Waals surface area contributed by atoms with Crippen LogP contribution in [-0.4, -0.2) is 29.3 Å². The number of carbonyl (C=O) groups is 1. The normalized spacial score (nSPS) is 15.8. The number of ether oxygens (including phenoxy) is 2. The van der Waals surface area contributed by atoms with Gasteiger partial charge in [-0.15, -0.1) is 0 Å². The van der Waals surface area contributed by atoms with E-state index < -0.39 is 5.97 Å². The highest BCUT2D eigenvalue weighted by atomic mass is 32.2. The molecule has 8 heteroatoms. The van der Waals surface area contributed by atoms with Crippen LogP contribution >= 0.6 is 23.5 Å². The van der Waals surface area contributed by atoms with E-state index in [1.54, 1.807) is 25.1 Å². The van der Waals surface area contributed by atoms with Crippen molar-refractivity contribution in [1.82, 2.24) is 0 Å². The number of rotatable bonds is 8. The fourth-order valence-electron chi connectivity index (χ4n) is 3.09. The van der Waals surface area contributed by atoms with E-state index in [4.69, 9.17) is 13.9 Å². The molecule has 2 aromatic carbocycles. The van der Waals surface area contributed by atoms with Gasteiger partial charge < -0.3 is 19.0 Å². The molecule has 0 saturated heterocycles. The zero-order chi connectivity index (χ0) is 23.9. The van der Waals surface area contributed by atoms with Gasteiger partial charge in [0.1, 0.15) is 27.9 Å². The van der Waals surface area contributed by atoms with E-state index in [0.717, 1.165) is 15.7 Å². The van der Waals surface area contributed by atoms with Crippen LogP contribution in [0.25, 0.3) is 6.08 Å². The Balaban J connectivity index is 1.61. The van der Waals surface area contributed by atoms with E-state index >= 15 is 0 Å². The van der Waals surface area contributed by atoms with Gasteiger partial charge in [0.2, 0.25) is 0 Å². The first-order chi connectivity index (χ1) is 16.6. The average molecular weight is 494 g/mol.